The van der Waals surface area contributed by atoms with Crippen molar-refractivity contribution in [2.75, 3.05) is 43.9 Å². The minimum atomic E-state index is -3.08. The number of nitrogen functional groups attached to an aromatic ring is 1. The number of ether oxygens (including phenoxy) is 1. The van der Waals surface area contributed by atoms with Gasteiger partial charge in [-0.3, -0.25) is 4.90 Å². The lowest BCUT2D eigenvalue weighted by atomic mass is 9.93. The molecule has 4 fully saturated rings. The summed E-state index contributed by atoms with van der Waals surface area (Å²) in [5.41, 5.74) is 4.48. The number of benzene rings is 2. The molecular weight excluding hydrogens is 649 g/mol. The summed E-state index contributed by atoms with van der Waals surface area (Å²) in [5.74, 6) is -1.40. The van der Waals surface area contributed by atoms with Gasteiger partial charge in [-0.2, -0.15) is 15.2 Å². The maximum absolute atomic E-state index is 16.4. The lowest BCUT2D eigenvalue weighted by Crippen LogP contribution is -2.51. The van der Waals surface area contributed by atoms with Crippen LogP contribution in [-0.2, 0) is 0 Å². The molecule has 0 radical (unpaired) electrons. The summed E-state index contributed by atoms with van der Waals surface area (Å²) in [4.78, 5) is 12.8. The molecule has 8 rings (SSSR count). The van der Waals surface area contributed by atoms with Crippen LogP contribution in [0.5, 0.6) is 6.01 Å². The van der Waals surface area contributed by atoms with Gasteiger partial charge in [-0.25, -0.2) is 22.0 Å². The van der Waals surface area contributed by atoms with Gasteiger partial charge in [0, 0.05) is 59.7 Å². The van der Waals surface area contributed by atoms with Gasteiger partial charge < -0.3 is 20.7 Å². The molecule has 14 heteroatoms. The SMILES string of the molecule is CC.COc1nc(N2CC3CCC(C2)N3)c2cc(C(F)F)c(-c3ccc(F)c4sc(N)c(C#N)c34)c(F)c2n1.FC1CC2CCCN2C1. The third-order valence-corrected chi connectivity index (χ3v) is 10.5. The first-order valence-corrected chi connectivity index (χ1v) is 17.1. The van der Waals surface area contributed by atoms with Crippen molar-refractivity contribution in [3.8, 4) is 23.2 Å². The van der Waals surface area contributed by atoms with Crippen LogP contribution in [0.2, 0.25) is 0 Å². The normalized spacial score (nSPS) is 23.1. The highest BCUT2D eigenvalue weighted by Crippen LogP contribution is 2.46. The van der Waals surface area contributed by atoms with Gasteiger partial charge in [0.15, 0.2) is 5.82 Å². The summed E-state index contributed by atoms with van der Waals surface area (Å²) in [6.45, 7) is 7.02. The van der Waals surface area contributed by atoms with Crippen LogP contribution in [0.15, 0.2) is 18.2 Å². The molecule has 2 aromatic heterocycles. The molecule has 4 saturated heterocycles. The fraction of sp³-hybridized carbons (Fsp3) is 0.500. The Morgan fingerprint density at radius 1 is 1.10 bits per heavy atom. The number of nitrogens with one attached hydrogen (secondary N) is 1. The maximum atomic E-state index is 16.4. The molecule has 2 aromatic carbocycles. The van der Waals surface area contributed by atoms with E-state index in [9.17, 15) is 22.8 Å². The first-order chi connectivity index (χ1) is 23.2. The Morgan fingerprint density at radius 3 is 2.48 bits per heavy atom. The smallest absolute Gasteiger partial charge is 0.318 e. The highest BCUT2D eigenvalue weighted by Gasteiger charge is 2.36. The molecule has 0 spiro atoms. The summed E-state index contributed by atoms with van der Waals surface area (Å²) in [6.07, 6.45) is 1.69. The second-order valence-corrected chi connectivity index (χ2v) is 13.4. The molecule has 48 heavy (non-hydrogen) atoms. The molecule has 0 aliphatic carbocycles. The van der Waals surface area contributed by atoms with Crippen LogP contribution in [0.25, 0.3) is 32.1 Å². The number of thiophene rings is 1. The van der Waals surface area contributed by atoms with Crippen LogP contribution >= 0.6 is 11.3 Å². The van der Waals surface area contributed by atoms with Crippen molar-refractivity contribution >= 4 is 43.1 Å². The van der Waals surface area contributed by atoms with E-state index in [0.717, 1.165) is 43.2 Å². The van der Waals surface area contributed by atoms with Gasteiger partial charge in [-0.1, -0.05) is 19.9 Å². The third kappa shape index (κ3) is 6.12. The number of aromatic nitrogens is 2. The number of hydrogen-bond acceptors (Lipinski definition) is 9. The number of rotatable bonds is 4. The Kier molecular flexibility index (Phi) is 9.92. The first-order valence-electron chi connectivity index (χ1n) is 16.3. The summed E-state index contributed by atoms with van der Waals surface area (Å²) < 4.78 is 77.8. The fourth-order valence-electron chi connectivity index (χ4n) is 7.49. The minimum Gasteiger partial charge on any atom is -0.467 e. The van der Waals surface area contributed by atoms with Crippen LogP contribution in [0.3, 0.4) is 0 Å². The van der Waals surface area contributed by atoms with E-state index < -0.39 is 35.4 Å². The monoisotopic (exact) mass is 687 g/mol. The summed E-state index contributed by atoms with van der Waals surface area (Å²) >= 11 is 0.808. The number of halogens is 5. The third-order valence-electron chi connectivity index (χ3n) is 9.51. The number of fused-ring (bicyclic) bond motifs is 5. The number of nitrogens with zero attached hydrogens (tertiary/aromatic N) is 5. The maximum Gasteiger partial charge on any atom is 0.318 e. The first kappa shape index (κ1) is 34.1. The van der Waals surface area contributed by atoms with Gasteiger partial charge in [0.25, 0.3) is 6.43 Å². The van der Waals surface area contributed by atoms with Crippen LogP contribution in [0.4, 0.5) is 32.8 Å². The summed E-state index contributed by atoms with van der Waals surface area (Å²) in [6, 6.07) is 6.26. The molecular formula is C34H38F5N7OS. The van der Waals surface area contributed by atoms with Crippen LogP contribution < -0.4 is 20.7 Å². The van der Waals surface area contributed by atoms with Crippen molar-refractivity contribution in [2.24, 2.45) is 0 Å². The highest BCUT2D eigenvalue weighted by atomic mass is 32.1. The predicted molar refractivity (Wildman–Crippen MR) is 179 cm³/mol. The molecule has 6 heterocycles. The van der Waals surface area contributed by atoms with E-state index in [1.807, 2.05) is 24.8 Å². The van der Waals surface area contributed by atoms with Gasteiger partial charge in [0.2, 0.25) is 0 Å². The Balaban J connectivity index is 0.000000310. The van der Waals surface area contributed by atoms with E-state index in [-0.39, 0.29) is 55.2 Å². The number of methoxy groups -OCH3 is 1. The van der Waals surface area contributed by atoms with E-state index >= 15 is 4.39 Å². The number of nitriles is 1. The Labute approximate surface area is 279 Å². The molecule has 4 aliphatic rings. The molecule has 4 unspecified atom stereocenters. The molecule has 8 nitrogen and oxygen atoms in total. The predicted octanol–water partition coefficient (Wildman–Crippen LogP) is 7.35. The molecule has 2 bridgehead atoms. The number of hydrogen-bond donors (Lipinski definition) is 2. The molecule has 4 aromatic rings. The van der Waals surface area contributed by atoms with E-state index in [2.05, 4.69) is 20.2 Å². The van der Waals surface area contributed by atoms with E-state index in [4.69, 9.17) is 10.5 Å². The number of piperazine rings is 1. The molecule has 0 amide bonds. The number of alkyl halides is 3. The standard InChI is InChI=1S/C25H20F4N6OS.C7H12FN.C2H6/c1-36-25-33-20-14(24(34-25)35-8-10-2-3-11(9-35)32-10)6-13(22(28)29)17(19(20)27)12-4-5-16(26)21-18(12)15(7-30)23(31)37-21;8-6-4-7-2-1-3-9(7)5-6;1-2/h4-6,10-11,22,32H,2-3,8-9,31H2,1H3;6-7H,1-5H2;1-2H3. The van der Waals surface area contributed by atoms with E-state index in [0.29, 0.717) is 31.5 Å². The highest BCUT2D eigenvalue weighted by molar-refractivity contribution is 7.23. The Morgan fingerprint density at radius 2 is 1.83 bits per heavy atom. The average molecular weight is 688 g/mol. The van der Waals surface area contributed by atoms with Crippen LogP contribution in [0, 0.1) is 23.0 Å². The van der Waals surface area contributed by atoms with Crippen molar-refractivity contribution < 1.29 is 26.7 Å². The molecule has 0 saturated carbocycles. The topological polar surface area (TPSA) is 103 Å². The molecule has 256 valence electrons. The van der Waals surface area contributed by atoms with Crippen molar-refractivity contribution in [3.63, 3.8) is 0 Å². The molecule has 4 aliphatic heterocycles. The fourth-order valence-corrected chi connectivity index (χ4v) is 8.44. The second-order valence-electron chi connectivity index (χ2n) is 12.3. The van der Waals surface area contributed by atoms with Crippen molar-refractivity contribution in [1.29, 1.82) is 5.26 Å². The van der Waals surface area contributed by atoms with Gasteiger partial charge in [-0.15, -0.1) is 11.3 Å². The number of nitrogens with two attached hydrogens (primary N) is 1. The van der Waals surface area contributed by atoms with E-state index in [1.165, 1.54) is 32.1 Å². The van der Waals surface area contributed by atoms with Gasteiger partial charge in [0.05, 0.1) is 17.4 Å². The van der Waals surface area contributed by atoms with Gasteiger partial charge in [-0.05, 0) is 56.3 Å². The van der Waals surface area contributed by atoms with Crippen LogP contribution in [-0.4, -0.2) is 72.5 Å². The minimum absolute atomic E-state index is 0.00919. The lowest BCUT2D eigenvalue weighted by molar-refractivity contribution is 0.152. The van der Waals surface area contributed by atoms with E-state index in [1.54, 1.807) is 0 Å². The molecule has 3 N–H and O–H groups in total. The Bertz CT molecular complexity index is 1840. The van der Waals surface area contributed by atoms with Crippen molar-refractivity contribution in [2.45, 2.75) is 76.7 Å². The largest absolute Gasteiger partial charge is 0.467 e. The zero-order valence-corrected chi connectivity index (χ0v) is 27.8. The lowest BCUT2D eigenvalue weighted by Gasteiger charge is -2.34. The zero-order chi connectivity index (χ0) is 34.3. The quantitative estimate of drug-likeness (QED) is 0.215. The van der Waals surface area contributed by atoms with Gasteiger partial charge >= 0.3 is 6.01 Å². The van der Waals surface area contributed by atoms with Crippen LogP contribution in [0.1, 0.15) is 63.5 Å². The van der Waals surface area contributed by atoms with Crippen molar-refractivity contribution in [1.82, 2.24) is 20.2 Å². The second kappa shape index (κ2) is 14.0. The average Bonchev–Trinajstić information content (AvgIpc) is 3.84. The van der Waals surface area contributed by atoms with Gasteiger partial charge in [0.1, 0.15) is 34.4 Å². The molecule has 4 atom stereocenters. The summed E-state index contributed by atoms with van der Waals surface area (Å²) in [7, 11) is 1.34. The van der Waals surface area contributed by atoms with Crippen molar-refractivity contribution in [3.05, 3.63) is 41.0 Å². The zero-order valence-electron chi connectivity index (χ0n) is 27.0. The Hall–Kier alpha value is -3.80. The number of anilines is 2. The summed E-state index contributed by atoms with van der Waals surface area (Å²) in [5, 5.41) is 13.3.